The van der Waals surface area contributed by atoms with E-state index in [9.17, 15) is 0 Å². The fourth-order valence-electron chi connectivity index (χ4n) is 2.87. The van der Waals surface area contributed by atoms with E-state index in [0.717, 1.165) is 43.0 Å². The van der Waals surface area contributed by atoms with Gasteiger partial charge in [0.15, 0.2) is 0 Å². The molecule has 0 aliphatic carbocycles. The first-order valence-electron chi connectivity index (χ1n) is 7.54. The average Bonchev–Trinajstić information content (AvgIpc) is 2.79. The molecule has 2 heterocycles. The number of aromatic nitrogens is 4. The van der Waals surface area contributed by atoms with Crippen LogP contribution in [0.4, 0.5) is 0 Å². The van der Waals surface area contributed by atoms with Crippen LogP contribution in [-0.2, 0) is 6.42 Å². The molecule has 2 aromatic rings. The van der Waals surface area contributed by atoms with Gasteiger partial charge < -0.3 is 5.73 Å². The molecule has 1 atom stereocenters. The van der Waals surface area contributed by atoms with Crippen molar-refractivity contribution in [3.8, 4) is 0 Å². The van der Waals surface area contributed by atoms with Crippen molar-refractivity contribution in [1.82, 2.24) is 19.6 Å². The van der Waals surface area contributed by atoms with Gasteiger partial charge in [0, 0.05) is 17.8 Å². The van der Waals surface area contributed by atoms with Gasteiger partial charge in [-0.15, -0.1) is 10.2 Å². The second-order valence-electron chi connectivity index (χ2n) is 5.56. The fourth-order valence-corrected chi connectivity index (χ4v) is 2.87. The average molecular weight is 275 g/mol. The van der Waals surface area contributed by atoms with Crippen LogP contribution in [0.2, 0.25) is 0 Å². The molecule has 0 aliphatic heterocycles. The van der Waals surface area contributed by atoms with E-state index in [1.807, 2.05) is 6.92 Å². The number of aryl methyl sites for hydroxylation is 3. The van der Waals surface area contributed by atoms with Crippen molar-refractivity contribution in [2.45, 2.75) is 52.9 Å². The maximum atomic E-state index is 5.70. The summed E-state index contributed by atoms with van der Waals surface area (Å²) in [6.45, 7) is 7.07. The maximum Gasteiger partial charge on any atom is 0.255 e. The van der Waals surface area contributed by atoms with Gasteiger partial charge in [0.2, 0.25) is 0 Å². The van der Waals surface area contributed by atoms with Gasteiger partial charge in [0.1, 0.15) is 5.82 Å². The smallest absolute Gasteiger partial charge is 0.255 e. The first-order chi connectivity index (χ1) is 9.65. The SMILES string of the molecule is CCCC(CCN)CCc1nnc2nc(C)cc(C)n12. The highest BCUT2D eigenvalue weighted by atomic mass is 15.3. The van der Waals surface area contributed by atoms with E-state index in [-0.39, 0.29) is 0 Å². The highest BCUT2D eigenvalue weighted by Crippen LogP contribution is 2.18. The minimum absolute atomic E-state index is 0.691. The molecule has 2 aromatic heterocycles. The zero-order chi connectivity index (χ0) is 14.5. The second-order valence-corrected chi connectivity index (χ2v) is 5.56. The Morgan fingerprint density at radius 1 is 1.20 bits per heavy atom. The van der Waals surface area contributed by atoms with Crippen LogP contribution in [0.1, 0.15) is 49.8 Å². The van der Waals surface area contributed by atoms with Crippen LogP contribution in [0.15, 0.2) is 6.07 Å². The second kappa shape index (κ2) is 6.79. The van der Waals surface area contributed by atoms with E-state index in [1.165, 1.54) is 12.8 Å². The van der Waals surface area contributed by atoms with Gasteiger partial charge in [-0.3, -0.25) is 4.40 Å². The number of fused-ring (bicyclic) bond motifs is 1. The first-order valence-corrected chi connectivity index (χ1v) is 7.54. The number of hydrogen-bond acceptors (Lipinski definition) is 4. The van der Waals surface area contributed by atoms with Gasteiger partial charge in [-0.05, 0) is 45.2 Å². The van der Waals surface area contributed by atoms with E-state index in [2.05, 4.69) is 39.5 Å². The third kappa shape index (κ3) is 3.33. The molecule has 0 fully saturated rings. The first kappa shape index (κ1) is 14.9. The molecule has 0 saturated carbocycles. The molecule has 2 N–H and O–H groups in total. The van der Waals surface area contributed by atoms with E-state index < -0.39 is 0 Å². The minimum Gasteiger partial charge on any atom is -0.330 e. The molecule has 0 aliphatic rings. The fraction of sp³-hybridized carbons (Fsp3) is 0.667. The molecular formula is C15H25N5. The van der Waals surface area contributed by atoms with Gasteiger partial charge >= 0.3 is 0 Å². The highest BCUT2D eigenvalue weighted by Gasteiger charge is 2.13. The Hall–Kier alpha value is -1.49. The molecule has 0 aromatic carbocycles. The predicted molar refractivity (Wildman–Crippen MR) is 80.6 cm³/mol. The van der Waals surface area contributed by atoms with Gasteiger partial charge in [0.05, 0.1) is 0 Å². The van der Waals surface area contributed by atoms with Crippen LogP contribution < -0.4 is 5.73 Å². The standard InChI is InChI=1S/C15H25N5/c1-4-5-13(8-9-16)6-7-14-18-19-15-17-11(2)10-12(3)20(14)15/h10,13H,4-9,16H2,1-3H3. The summed E-state index contributed by atoms with van der Waals surface area (Å²) in [6.07, 6.45) is 5.62. The van der Waals surface area contributed by atoms with Crippen molar-refractivity contribution in [3.05, 3.63) is 23.3 Å². The van der Waals surface area contributed by atoms with Gasteiger partial charge in [0.25, 0.3) is 5.78 Å². The summed E-state index contributed by atoms with van der Waals surface area (Å²) in [5.41, 5.74) is 7.84. The lowest BCUT2D eigenvalue weighted by Gasteiger charge is -2.14. The van der Waals surface area contributed by atoms with E-state index in [0.29, 0.717) is 11.7 Å². The Morgan fingerprint density at radius 2 is 2.00 bits per heavy atom. The summed E-state index contributed by atoms with van der Waals surface area (Å²) in [5, 5.41) is 8.50. The molecule has 1 unspecified atom stereocenters. The molecule has 20 heavy (non-hydrogen) atoms. The molecule has 0 saturated heterocycles. The van der Waals surface area contributed by atoms with Crippen molar-refractivity contribution in [2.75, 3.05) is 6.54 Å². The topological polar surface area (TPSA) is 69.1 Å². The minimum atomic E-state index is 0.691. The maximum absolute atomic E-state index is 5.70. The van der Waals surface area contributed by atoms with Crippen molar-refractivity contribution in [1.29, 1.82) is 0 Å². The van der Waals surface area contributed by atoms with Crippen LogP contribution in [-0.4, -0.2) is 26.1 Å². The third-order valence-corrected chi connectivity index (χ3v) is 3.81. The monoisotopic (exact) mass is 275 g/mol. The van der Waals surface area contributed by atoms with Gasteiger partial charge in [-0.1, -0.05) is 19.8 Å². The lowest BCUT2D eigenvalue weighted by atomic mass is 9.94. The summed E-state index contributed by atoms with van der Waals surface area (Å²) in [4.78, 5) is 4.43. The lowest BCUT2D eigenvalue weighted by molar-refractivity contribution is 0.417. The van der Waals surface area contributed by atoms with Crippen LogP contribution in [0, 0.1) is 19.8 Å². The van der Waals surface area contributed by atoms with Crippen LogP contribution in [0.3, 0.4) is 0 Å². The summed E-state index contributed by atoms with van der Waals surface area (Å²) in [5.74, 6) is 2.42. The zero-order valence-corrected chi connectivity index (χ0v) is 12.8. The summed E-state index contributed by atoms with van der Waals surface area (Å²) in [6, 6.07) is 2.07. The normalized spacial score (nSPS) is 13.0. The van der Waals surface area contributed by atoms with Crippen LogP contribution in [0.5, 0.6) is 0 Å². The molecule has 2 rings (SSSR count). The van der Waals surface area contributed by atoms with Crippen LogP contribution in [0.25, 0.3) is 5.78 Å². The van der Waals surface area contributed by atoms with Crippen molar-refractivity contribution in [2.24, 2.45) is 11.7 Å². The van der Waals surface area contributed by atoms with Crippen LogP contribution >= 0.6 is 0 Å². The van der Waals surface area contributed by atoms with Gasteiger partial charge in [-0.25, -0.2) is 4.98 Å². The molecule has 5 nitrogen and oxygen atoms in total. The Kier molecular flexibility index (Phi) is 5.06. The lowest BCUT2D eigenvalue weighted by Crippen LogP contribution is -2.11. The molecule has 0 amide bonds. The summed E-state index contributed by atoms with van der Waals surface area (Å²) in [7, 11) is 0. The van der Waals surface area contributed by atoms with Crippen molar-refractivity contribution >= 4 is 5.78 Å². The Morgan fingerprint density at radius 3 is 2.70 bits per heavy atom. The largest absolute Gasteiger partial charge is 0.330 e. The number of hydrogen-bond donors (Lipinski definition) is 1. The molecule has 0 bridgehead atoms. The third-order valence-electron chi connectivity index (χ3n) is 3.81. The molecule has 5 heteroatoms. The summed E-state index contributed by atoms with van der Waals surface area (Å²) >= 11 is 0. The molecule has 0 radical (unpaired) electrons. The number of nitrogens with two attached hydrogens (primary N) is 1. The number of rotatable bonds is 7. The van der Waals surface area contributed by atoms with E-state index >= 15 is 0 Å². The van der Waals surface area contributed by atoms with E-state index in [4.69, 9.17) is 5.73 Å². The quantitative estimate of drug-likeness (QED) is 0.842. The van der Waals surface area contributed by atoms with E-state index in [1.54, 1.807) is 0 Å². The van der Waals surface area contributed by atoms with Gasteiger partial charge in [-0.2, -0.15) is 0 Å². The van der Waals surface area contributed by atoms with Crippen molar-refractivity contribution in [3.63, 3.8) is 0 Å². The zero-order valence-electron chi connectivity index (χ0n) is 12.8. The Balaban J connectivity index is 2.13. The highest BCUT2D eigenvalue weighted by molar-refractivity contribution is 5.32. The Bertz CT molecular complexity index is 555. The van der Waals surface area contributed by atoms with Crippen molar-refractivity contribution < 1.29 is 0 Å². The molecule has 110 valence electrons. The number of nitrogens with zero attached hydrogens (tertiary/aromatic N) is 4. The molecule has 0 spiro atoms. The summed E-state index contributed by atoms with van der Waals surface area (Å²) < 4.78 is 2.07. The molecular weight excluding hydrogens is 250 g/mol. The predicted octanol–water partition coefficient (Wildman–Crippen LogP) is 2.44. The Labute approximate surface area is 120 Å².